The molecule has 8 heteroatoms. The van der Waals surface area contributed by atoms with Crippen LogP contribution in [0.25, 0.3) is 11.0 Å². The number of piperidine rings is 1. The normalized spacial score (nSPS) is 17.5. The van der Waals surface area contributed by atoms with E-state index in [2.05, 4.69) is 15.3 Å². The number of rotatable bonds is 5. The maximum atomic E-state index is 14.0. The lowest BCUT2D eigenvalue weighted by Crippen LogP contribution is -2.53. The number of likely N-dealkylation sites (tertiary alicyclic amines) is 1. The summed E-state index contributed by atoms with van der Waals surface area (Å²) in [4.78, 5) is 35.6. The number of nitrogens with zero attached hydrogens (tertiary/aromatic N) is 2. The fourth-order valence-corrected chi connectivity index (χ4v) is 4.20. The molecule has 0 saturated carbocycles. The molecule has 32 heavy (non-hydrogen) atoms. The molecule has 1 saturated heterocycles. The van der Waals surface area contributed by atoms with Crippen LogP contribution in [0, 0.1) is 17.6 Å². The molecule has 6 nitrogen and oxygen atoms in total. The van der Waals surface area contributed by atoms with Crippen molar-refractivity contribution in [2.24, 2.45) is 5.92 Å². The van der Waals surface area contributed by atoms with Gasteiger partial charge in [-0.05, 0) is 43.0 Å². The topological polar surface area (TPSA) is 78.1 Å². The van der Waals surface area contributed by atoms with Gasteiger partial charge in [0, 0.05) is 19.0 Å². The first-order valence-corrected chi connectivity index (χ1v) is 10.8. The van der Waals surface area contributed by atoms with Gasteiger partial charge in [0.1, 0.15) is 29.1 Å². The zero-order valence-corrected chi connectivity index (χ0v) is 18.1. The third-order valence-electron chi connectivity index (χ3n) is 5.94. The molecule has 0 radical (unpaired) electrons. The van der Waals surface area contributed by atoms with Gasteiger partial charge in [-0.3, -0.25) is 9.59 Å². The summed E-state index contributed by atoms with van der Waals surface area (Å²) in [7, 11) is 0. The summed E-state index contributed by atoms with van der Waals surface area (Å²) in [6.45, 7) is 4.61. The zero-order valence-electron chi connectivity index (χ0n) is 18.1. The van der Waals surface area contributed by atoms with E-state index in [1.165, 1.54) is 6.07 Å². The minimum Gasteiger partial charge on any atom is -0.342 e. The van der Waals surface area contributed by atoms with Crippen LogP contribution in [0.2, 0.25) is 0 Å². The number of carbonyl (C=O) groups excluding carboxylic acids is 2. The predicted molar refractivity (Wildman–Crippen MR) is 117 cm³/mol. The molecule has 1 fully saturated rings. The smallest absolute Gasteiger partial charge is 0.257 e. The largest absolute Gasteiger partial charge is 0.342 e. The Morgan fingerprint density at radius 2 is 1.84 bits per heavy atom. The van der Waals surface area contributed by atoms with Gasteiger partial charge in [0.15, 0.2) is 0 Å². The number of halogens is 2. The molecule has 1 aromatic heterocycles. The predicted octanol–water partition coefficient (Wildman–Crippen LogP) is 4.00. The van der Waals surface area contributed by atoms with E-state index in [1.54, 1.807) is 18.7 Å². The second kappa shape index (κ2) is 9.06. The molecule has 4 rings (SSSR count). The van der Waals surface area contributed by atoms with Crippen LogP contribution in [0.3, 0.4) is 0 Å². The van der Waals surface area contributed by atoms with Crippen LogP contribution in [-0.4, -0.2) is 45.8 Å². The summed E-state index contributed by atoms with van der Waals surface area (Å²) in [6.07, 6.45) is 1.69. The lowest BCUT2D eigenvalue weighted by atomic mass is 9.95. The summed E-state index contributed by atoms with van der Waals surface area (Å²) in [6, 6.07) is 10.1. The van der Waals surface area contributed by atoms with Crippen molar-refractivity contribution in [3.8, 4) is 0 Å². The maximum absolute atomic E-state index is 14.0. The van der Waals surface area contributed by atoms with Crippen LogP contribution >= 0.6 is 0 Å². The van der Waals surface area contributed by atoms with Gasteiger partial charge in [0.25, 0.3) is 5.91 Å². The highest BCUT2D eigenvalue weighted by atomic mass is 19.1. The average Bonchev–Trinajstić information content (AvgIpc) is 3.21. The van der Waals surface area contributed by atoms with Crippen molar-refractivity contribution in [1.29, 1.82) is 0 Å². The SMILES string of the molecule is CC(C)C(NC(=O)c1c(F)cccc1F)C(=O)N1CCCC(c2nc3ccccc3[nH]2)C1. The fourth-order valence-electron chi connectivity index (χ4n) is 4.20. The van der Waals surface area contributed by atoms with Gasteiger partial charge in [0.2, 0.25) is 5.91 Å². The Morgan fingerprint density at radius 3 is 2.53 bits per heavy atom. The molecule has 1 aliphatic heterocycles. The van der Waals surface area contributed by atoms with Gasteiger partial charge < -0.3 is 15.2 Å². The standard InChI is InChI=1S/C24H26F2N4O2/c1-14(2)21(29-23(31)20-16(25)8-5-9-17(20)26)24(32)30-12-6-7-15(13-30)22-27-18-10-3-4-11-19(18)28-22/h3-5,8-11,14-15,21H,6-7,12-13H2,1-2H3,(H,27,28)(H,29,31). The number of aromatic nitrogens is 2. The molecule has 0 spiro atoms. The highest BCUT2D eigenvalue weighted by Crippen LogP contribution is 2.27. The van der Waals surface area contributed by atoms with Crippen LogP contribution < -0.4 is 5.32 Å². The van der Waals surface area contributed by atoms with Crippen LogP contribution in [0.1, 0.15) is 48.8 Å². The average molecular weight is 440 g/mol. The zero-order chi connectivity index (χ0) is 22.8. The Balaban J connectivity index is 1.50. The molecule has 168 valence electrons. The van der Waals surface area contributed by atoms with Gasteiger partial charge in [0.05, 0.1) is 11.0 Å². The molecule has 1 aliphatic rings. The molecule has 0 aliphatic carbocycles. The molecule has 2 heterocycles. The van der Waals surface area contributed by atoms with Crippen LogP contribution in [0.15, 0.2) is 42.5 Å². The van der Waals surface area contributed by atoms with Crippen molar-refractivity contribution < 1.29 is 18.4 Å². The van der Waals surface area contributed by atoms with Crippen LogP contribution in [0.4, 0.5) is 8.78 Å². The van der Waals surface area contributed by atoms with Gasteiger partial charge in [-0.15, -0.1) is 0 Å². The quantitative estimate of drug-likeness (QED) is 0.630. The lowest BCUT2D eigenvalue weighted by molar-refractivity contribution is -0.135. The molecule has 3 aromatic rings. The first-order valence-electron chi connectivity index (χ1n) is 10.8. The Bertz CT molecular complexity index is 1090. The first-order chi connectivity index (χ1) is 15.3. The van der Waals surface area contributed by atoms with Gasteiger partial charge in [-0.1, -0.05) is 32.0 Å². The van der Waals surface area contributed by atoms with Crippen molar-refractivity contribution in [1.82, 2.24) is 20.2 Å². The van der Waals surface area contributed by atoms with Crippen molar-refractivity contribution in [2.45, 2.75) is 38.6 Å². The molecule has 2 aromatic carbocycles. The summed E-state index contributed by atoms with van der Waals surface area (Å²) >= 11 is 0. The summed E-state index contributed by atoms with van der Waals surface area (Å²) in [5, 5.41) is 2.55. The molecule has 2 amide bonds. The van der Waals surface area contributed by atoms with Crippen LogP contribution in [-0.2, 0) is 4.79 Å². The summed E-state index contributed by atoms with van der Waals surface area (Å²) in [5.41, 5.74) is 1.15. The number of nitrogens with one attached hydrogen (secondary N) is 2. The number of H-pyrrole nitrogens is 1. The van der Waals surface area contributed by atoms with Crippen molar-refractivity contribution >= 4 is 22.8 Å². The number of hydrogen-bond donors (Lipinski definition) is 2. The van der Waals surface area contributed by atoms with Gasteiger partial charge in [-0.25, -0.2) is 13.8 Å². The summed E-state index contributed by atoms with van der Waals surface area (Å²) < 4.78 is 28.1. The van der Waals surface area contributed by atoms with E-state index < -0.39 is 29.1 Å². The van der Waals surface area contributed by atoms with Crippen molar-refractivity contribution in [2.75, 3.05) is 13.1 Å². The molecule has 2 unspecified atom stereocenters. The maximum Gasteiger partial charge on any atom is 0.257 e. The minimum absolute atomic E-state index is 0.0487. The fraction of sp³-hybridized carbons (Fsp3) is 0.375. The third-order valence-corrected chi connectivity index (χ3v) is 5.94. The lowest BCUT2D eigenvalue weighted by Gasteiger charge is -2.35. The molecular weight excluding hydrogens is 414 g/mol. The molecule has 2 N–H and O–H groups in total. The number of hydrogen-bond acceptors (Lipinski definition) is 3. The Labute approximate surface area is 185 Å². The number of benzene rings is 2. The van der Waals surface area contributed by atoms with Crippen molar-refractivity contribution in [3.05, 3.63) is 65.5 Å². The number of imidazole rings is 1. The van der Waals surface area contributed by atoms with E-state index in [4.69, 9.17) is 0 Å². The Hall–Kier alpha value is -3.29. The van der Waals surface area contributed by atoms with E-state index in [0.717, 1.165) is 41.8 Å². The third kappa shape index (κ3) is 4.35. The number of fused-ring (bicyclic) bond motifs is 1. The Morgan fingerprint density at radius 1 is 1.12 bits per heavy atom. The van der Waals surface area contributed by atoms with Crippen molar-refractivity contribution in [3.63, 3.8) is 0 Å². The molecule has 2 atom stereocenters. The highest BCUT2D eigenvalue weighted by molar-refractivity contribution is 5.98. The number of amides is 2. The van der Waals surface area contributed by atoms with Gasteiger partial charge >= 0.3 is 0 Å². The molecular formula is C24H26F2N4O2. The van der Waals surface area contributed by atoms with Crippen LogP contribution in [0.5, 0.6) is 0 Å². The van der Waals surface area contributed by atoms with E-state index in [-0.39, 0.29) is 17.7 Å². The van der Waals surface area contributed by atoms with E-state index >= 15 is 0 Å². The first kappa shape index (κ1) is 21.9. The highest BCUT2D eigenvalue weighted by Gasteiger charge is 2.34. The number of aromatic amines is 1. The summed E-state index contributed by atoms with van der Waals surface area (Å²) in [5.74, 6) is -2.48. The van der Waals surface area contributed by atoms with E-state index in [9.17, 15) is 18.4 Å². The van der Waals surface area contributed by atoms with E-state index in [1.807, 2.05) is 24.3 Å². The molecule has 0 bridgehead atoms. The second-order valence-electron chi connectivity index (χ2n) is 8.55. The number of carbonyl (C=O) groups is 2. The van der Waals surface area contributed by atoms with Gasteiger partial charge in [-0.2, -0.15) is 0 Å². The monoisotopic (exact) mass is 440 g/mol. The van der Waals surface area contributed by atoms with E-state index in [0.29, 0.717) is 13.1 Å². The number of para-hydroxylation sites is 2. The second-order valence-corrected chi connectivity index (χ2v) is 8.55. The minimum atomic E-state index is -0.958. The Kier molecular flexibility index (Phi) is 6.21.